The molecule has 0 spiro atoms. The van der Waals surface area contributed by atoms with E-state index in [1.165, 1.54) is 20.4 Å². The van der Waals surface area contributed by atoms with Crippen molar-refractivity contribution in [1.29, 1.82) is 0 Å². The van der Waals surface area contributed by atoms with Gasteiger partial charge in [0.05, 0.1) is 26.1 Å². The molecule has 4 rings (SSSR count). The van der Waals surface area contributed by atoms with Crippen molar-refractivity contribution in [3.8, 4) is 11.8 Å². The number of rotatable bonds is 5. The first kappa shape index (κ1) is 20.1. The first-order valence-electron chi connectivity index (χ1n) is 10.0. The number of nitrogens with one attached hydrogen (secondary N) is 1. The molecule has 3 atom stereocenters. The lowest BCUT2D eigenvalue weighted by Crippen LogP contribution is -2.52. The second-order valence-corrected chi connectivity index (χ2v) is 7.69. The molecule has 2 amide bonds. The summed E-state index contributed by atoms with van der Waals surface area (Å²) in [5.74, 6) is 0.329. The van der Waals surface area contributed by atoms with Gasteiger partial charge < -0.3 is 19.7 Å². The minimum absolute atomic E-state index is 0.00181. The summed E-state index contributed by atoms with van der Waals surface area (Å²) in [6.45, 7) is 1.83. The second-order valence-electron chi connectivity index (χ2n) is 7.69. The van der Waals surface area contributed by atoms with Gasteiger partial charge in [-0.3, -0.25) is 14.6 Å². The largest absolute Gasteiger partial charge is 0.481 e. The van der Waals surface area contributed by atoms with Crippen molar-refractivity contribution < 1.29 is 19.1 Å². The molecule has 2 aromatic rings. The Kier molecular flexibility index (Phi) is 5.52. The van der Waals surface area contributed by atoms with Crippen LogP contribution in [-0.4, -0.2) is 64.0 Å². The van der Waals surface area contributed by atoms with Gasteiger partial charge in [0.15, 0.2) is 0 Å². The number of hydrogen-bond donors (Lipinski definition) is 1. The molecule has 2 aromatic heterocycles. The van der Waals surface area contributed by atoms with Gasteiger partial charge in [-0.15, -0.1) is 0 Å². The van der Waals surface area contributed by atoms with Crippen molar-refractivity contribution in [3.63, 3.8) is 0 Å². The lowest BCUT2D eigenvalue weighted by molar-refractivity contribution is 0.0545. The fourth-order valence-electron chi connectivity index (χ4n) is 4.39. The zero-order valence-electron chi connectivity index (χ0n) is 17.3. The molecule has 0 saturated carbocycles. The van der Waals surface area contributed by atoms with Crippen molar-refractivity contribution in [3.05, 3.63) is 41.5 Å². The van der Waals surface area contributed by atoms with Crippen LogP contribution in [0.15, 0.2) is 24.5 Å². The Bertz CT molecular complexity index is 935. The molecule has 9 heteroatoms. The number of carbonyl (C=O) groups excluding carboxylic acids is 2. The minimum Gasteiger partial charge on any atom is -0.481 e. The summed E-state index contributed by atoms with van der Waals surface area (Å²) in [4.78, 5) is 40.2. The van der Waals surface area contributed by atoms with Gasteiger partial charge in [0.25, 0.3) is 11.8 Å². The van der Waals surface area contributed by atoms with Crippen LogP contribution in [0.1, 0.15) is 52.2 Å². The van der Waals surface area contributed by atoms with E-state index in [0.717, 1.165) is 18.5 Å². The van der Waals surface area contributed by atoms with Crippen molar-refractivity contribution in [2.24, 2.45) is 0 Å². The van der Waals surface area contributed by atoms with E-state index in [4.69, 9.17) is 9.47 Å². The number of piperidine rings is 1. The van der Waals surface area contributed by atoms with Gasteiger partial charge in [-0.25, -0.2) is 4.98 Å². The van der Waals surface area contributed by atoms with E-state index in [0.29, 0.717) is 30.0 Å². The van der Waals surface area contributed by atoms with E-state index in [2.05, 4.69) is 20.3 Å². The third kappa shape index (κ3) is 3.79. The second kappa shape index (κ2) is 8.25. The van der Waals surface area contributed by atoms with E-state index in [9.17, 15) is 9.59 Å². The molecular formula is C21H25N5O4. The molecule has 0 aliphatic carbocycles. The Hall–Kier alpha value is -3.23. The highest BCUT2D eigenvalue weighted by Crippen LogP contribution is 2.38. The third-order valence-corrected chi connectivity index (χ3v) is 5.78. The molecule has 2 aliphatic heterocycles. The number of aromatic nitrogens is 3. The fraction of sp³-hybridized carbons (Fsp3) is 0.476. The number of ether oxygens (including phenoxy) is 2. The van der Waals surface area contributed by atoms with Crippen LogP contribution in [0.25, 0.3) is 0 Å². The Balaban J connectivity index is 1.46. The number of carbonyl (C=O) groups is 2. The van der Waals surface area contributed by atoms with Gasteiger partial charge in [-0.05, 0) is 38.7 Å². The van der Waals surface area contributed by atoms with E-state index >= 15 is 0 Å². The van der Waals surface area contributed by atoms with Crippen LogP contribution >= 0.6 is 0 Å². The zero-order valence-corrected chi connectivity index (χ0v) is 17.3. The van der Waals surface area contributed by atoms with Crippen LogP contribution in [0, 0.1) is 6.92 Å². The number of aryl methyl sites for hydroxylation is 1. The van der Waals surface area contributed by atoms with Crippen molar-refractivity contribution in [2.45, 2.75) is 50.7 Å². The highest BCUT2D eigenvalue weighted by molar-refractivity contribution is 5.97. The first-order valence-corrected chi connectivity index (χ1v) is 10.0. The van der Waals surface area contributed by atoms with E-state index < -0.39 is 0 Å². The minimum atomic E-state index is -0.229. The predicted molar refractivity (Wildman–Crippen MR) is 108 cm³/mol. The molecule has 1 unspecified atom stereocenters. The molecule has 2 bridgehead atoms. The SMILES string of the molecule is COc1ccc(C(=O)N2[C@@H]3CC[C@H]2CC(NC(=O)c2cnc(C)cn2)C3)c(OC)n1. The summed E-state index contributed by atoms with van der Waals surface area (Å²) in [6, 6.07) is 3.48. The van der Waals surface area contributed by atoms with Crippen LogP contribution < -0.4 is 14.8 Å². The van der Waals surface area contributed by atoms with Crippen molar-refractivity contribution in [1.82, 2.24) is 25.2 Å². The van der Waals surface area contributed by atoms with E-state index in [1.807, 2.05) is 11.8 Å². The molecule has 30 heavy (non-hydrogen) atoms. The molecule has 1 N–H and O–H groups in total. The average molecular weight is 411 g/mol. The number of methoxy groups -OCH3 is 2. The Morgan fingerprint density at radius 3 is 2.40 bits per heavy atom. The van der Waals surface area contributed by atoms with Crippen molar-refractivity contribution in [2.75, 3.05) is 14.2 Å². The van der Waals surface area contributed by atoms with Gasteiger partial charge in [-0.2, -0.15) is 4.98 Å². The monoisotopic (exact) mass is 411 g/mol. The third-order valence-electron chi connectivity index (χ3n) is 5.78. The van der Waals surface area contributed by atoms with Crippen LogP contribution in [-0.2, 0) is 0 Å². The summed E-state index contributed by atoms with van der Waals surface area (Å²) < 4.78 is 10.4. The summed E-state index contributed by atoms with van der Waals surface area (Å²) >= 11 is 0. The quantitative estimate of drug-likeness (QED) is 0.799. The van der Waals surface area contributed by atoms with Gasteiger partial charge in [0.1, 0.15) is 11.3 Å². The number of fused-ring (bicyclic) bond motifs is 2. The zero-order chi connectivity index (χ0) is 21.3. The number of pyridine rings is 1. The van der Waals surface area contributed by atoms with Crippen molar-refractivity contribution >= 4 is 11.8 Å². The molecule has 4 heterocycles. The smallest absolute Gasteiger partial charge is 0.271 e. The molecule has 0 radical (unpaired) electrons. The van der Waals surface area contributed by atoms with Crippen LogP contribution in [0.4, 0.5) is 0 Å². The Morgan fingerprint density at radius 1 is 1.07 bits per heavy atom. The maximum Gasteiger partial charge on any atom is 0.271 e. The fourth-order valence-corrected chi connectivity index (χ4v) is 4.39. The molecule has 2 aliphatic rings. The van der Waals surface area contributed by atoms with E-state index in [1.54, 1.807) is 18.3 Å². The van der Waals surface area contributed by atoms with Gasteiger partial charge in [0.2, 0.25) is 11.8 Å². The first-order chi connectivity index (χ1) is 14.5. The highest BCUT2D eigenvalue weighted by atomic mass is 16.5. The summed E-state index contributed by atoms with van der Waals surface area (Å²) in [5, 5.41) is 3.06. The summed E-state index contributed by atoms with van der Waals surface area (Å²) in [5.41, 5.74) is 1.49. The normalized spacial score (nSPS) is 22.5. The number of hydrogen-bond acceptors (Lipinski definition) is 7. The van der Waals surface area contributed by atoms with E-state index in [-0.39, 0.29) is 35.8 Å². The molecule has 9 nitrogen and oxygen atoms in total. The van der Waals surface area contributed by atoms with Gasteiger partial charge in [-0.1, -0.05) is 0 Å². The maximum atomic E-state index is 13.3. The average Bonchev–Trinajstić information content (AvgIpc) is 3.03. The van der Waals surface area contributed by atoms with Crippen LogP contribution in [0.5, 0.6) is 11.8 Å². The van der Waals surface area contributed by atoms with Crippen LogP contribution in [0.2, 0.25) is 0 Å². The molecule has 2 fully saturated rings. The topological polar surface area (TPSA) is 107 Å². The Labute approximate surface area is 174 Å². The Morgan fingerprint density at radius 2 is 1.80 bits per heavy atom. The molecule has 158 valence electrons. The van der Waals surface area contributed by atoms with Crippen LogP contribution in [0.3, 0.4) is 0 Å². The lowest BCUT2D eigenvalue weighted by Gasteiger charge is -2.39. The van der Waals surface area contributed by atoms with Gasteiger partial charge >= 0.3 is 0 Å². The highest BCUT2D eigenvalue weighted by Gasteiger charge is 2.44. The predicted octanol–water partition coefficient (Wildman–Crippen LogP) is 1.76. The molecule has 0 aromatic carbocycles. The maximum absolute atomic E-state index is 13.3. The molecule has 2 saturated heterocycles. The number of nitrogens with zero attached hydrogens (tertiary/aromatic N) is 4. The number of amides is 2. The lowest BCUT2D eigenvalue weighted by atomic mass is 9.96. The summed E-state index contributed by atoms with van der Waals surface area (Å²) in [7, 11) is 3.01. The molecular weight excluding hydrogens is 386 g/mol. The standard InChI is InChI=1S/C21H25N5O4/c1-12-10-23-17(11-22-12)19(27)24-13-8-14-4-5-15(9-13)26(14)21(28)16-6-7-18(29-2)25-20(16)30-3/h6-7,10-11,13-15H,4-5,8-9H2,1-3H3,(H,24,27)/t13?,14-,15+. The van der Waals surface area contributed by atoms with Gasteiger partial charge in [0, 0.05) is 30.4 Å². The summed E-state index contributed by atoms with van der Waals surface area (Å²) in [6.07, 6.45) is 6.31.